The van der Waals surface area contributed by atoms with E-state index in [1.54, 1.807) is 0 Å². The van der Waals surface area contributed by atoms with Gasteiger partial charge in [0.1, 0.15) is 11.6 Å². The molecule has 2 unspecified atom stereocenters. The molecular formula is C13H24N4. The average Bonchev–Trinajstić information content (AvgIpc) is 2.26. The third-order valence-corrected chi connectivity index (χ3v) is 2.99. The second kappa shape index (κ2) is 5.96. The Morgan fingerprint density at radius 3 is 2.41 bits per heavy atom. The van der Waals surface area contributed by atoms with E-state index in [0.717, 1.165) is 17.3 Å². The first kappa shape index (κ1) is 13.9. The van der Waals surface area contributed by atoms with Crippen molar-refractivity contribution in [1.29, 1.82) is 0 Å². The number of hydrogen-bond acceptors (Lipinski definition) is 4. The molecule has 4 nitrogen and oxygen atoms in total. The van der Waals surface area contributed by atoms with Gasteiger partial charge < -0.3 is 11.1 Å². The lowest BCUT2D eigenvalue weighted by Crippen LogP contribution is -2.30. The monoisotopic (exact) mass is 236 g/mol. The van der Waals surface area contributed by atoms with Gasteiger partial charge in [0.15, 0.2) is 0 Å². The third-order valence-electron chi connectivity index (χ3n) is 2.99. The lowest BCUT2D eigenvalue weighted by Gasteiger charge is -2.21. The summed E-state index contributed by atoms with van der Waals surface area (Å²) in [5, 5.41) is 3.40. The Labute approximate surface area is 104 Å². The molecule has 0 bridgehead atoms. The Morgan fingerprint density at radius 2 is 1.88 bits per heavy atom. The summed E-state index contributed by atoms with van der Waals surface area (Å²) < 4.78 is 0. The zero-order valence-electron chi connectivity index (χ0n) is 11.5. The second-order valence-corrected chi connectivity index (χ2v) is 5.05. The van der Waals surface area contributed by atoms with Crippen molar-refractivity contribution in [3.05, 3.63) is 17.6 Å². The third kappa shape index (κ3) is 3.97. The van der Waals surface area contributed by atoms with Crippen LogP contribution in [0.1, 0.15) is 45.1 Å². The van der Waals surface area contributed by atoms with Crippen LogP contribution in [0.2, 0.25) is 0 Å². The highest BCUT2D eigenvalue weighted by atomic mass is 15.1. The number of nitrogens with one attached hydrogen (secondary N) is 1. The van der Waals surface area contributed by atoms with Gasteiger partial charge in [-0.1, -0.05) is 20.8 Å². The van der Waals surface area contributed by atoms with Gasteiger partial charge in [-0.2, -0.15) is 0 Å². The topological polar surface area (TPSA) is 63.8 Å². The zero-order chi connectivity index (χ0) is 13.0. The van der Waals surface area contributed by atoms with E-state index in [1.165, 1.54) is 0 Å². The van der Waals surface area contributed by atoms with E-state index in [-0.39, 0.29) is 0 Å². The summed E-state index contributed by atoms with van der Waals surface area (Å²) in [5.41, 5.74) is 6.66. The molecule has 0 fully saturated rings. The molecule has 0 spiro atoms. The minimum atomic E-state index is 0.314. The number of nitrogens with two attached hydrogens (primary N) is 1. The van der Waals surface area contributed by atoms with Gasteiger partial charge in [0.2, 0.25) is 0 Å². The summed E-state index contributed by atoms with van der Waals surface area (Å²) >= 11 is 0. The molecule has 0 aromatic carbocycles. The predicted molar refractivity (Wildman–Crippen MR) is 72.2 cm³/mol. The molecule has 3 N–H and O–H groups in total. The van der Waals surface area contributed by atoms with Crippen LogP contribution in [0.4, 0.5) is 5.82 Å². The molecule has 0 aliphatic heterocycles. The molecule has 0 saturated heterocycles. The van der Waals surface area contributed by atoms with Gasteiger partial charge in [0, 0.05) is 23.7 Å². The summed E-state index contributed by atoms with van der Waals surface area (Å²) in [6.45, 7) is 11.1. The van der Waals surface area contributed by atoms with E-state index in [0.29, 0.717) is 24.4 Å². The SMILES string of the molecule is Cc1cc(NC(C)C(C)CN)nc(C(C)C)n1. The van der Waals surface area contributed by atoms with Gasteiger partial charge in [-0.15, -0.1) is 0 Å². The van der Waals surface area contributed by atoms with E-state index in [9.17, 15) is 0 Å². The van der Waals surface area contributed by atoms with Crippen molar-refractivity contribution in [2.45, 2.75) is 46.6 Å². The Bertz CT molecular complexity index is 362. The van der Waals surface area contributed by atoms with Crippen LogP contribution < -0.4 is 11.1 Å². The van der Waals surface area contributed by atoms with Crippen molar-refractivity contribution >= 4 is 5.82 Å². The number of anilines is 1. The van der Waals surface area contributed by atoms with Crippen molar-refractivity contribution in [2.24, 2.45) is 11.7 Å². The highest BCUT2D eigenvalue weighted by Crippen LogP contribution is 2.15. The molecule has 0 radical (unpaired) electrons. The fraction of sp³-hybridized carbons (Fsp3) is 0.692. The average molecular weight is 236 g/mol. The summed E-state index contributed by atoms with van der Waals surface area (Å²) in [5.74, 6) is 2.56. The smallest absolute Gasteiger partial charge is 0.133 e. The van der Waals surface area contributed by atoms with Crippen molar-refractivity contribution in [3.63, 3.8) is 0 Å². The molecule has 17 heavy (non-hydrogen) atoms. The van der Waals surface area contributed by atoms with Crippen molar-refractivity contribution in [2.75, 3.05) is 11.9 Å². The fourth-order valence-corrected chi connectivity index (χ4v) is 1.50. The number of aromatic nitrogens is 2. The Balaban J connectivity index is 2.84. The van der Waals surface area contributed by atoms with Crippen LogP contribution in [0, 0.1) is 12.8 Å². The molecular weight excluding hydrogens is 212 g/mol. The quantitative estimate of drug-likeness (QED) is 0.823. The summed E-state index contributed by atoms with van der Waals surface area (Å²) in [7, 11) is 0. The molecule has 0 aliphatic carbocycles. The number of nitrogens with zero attached hydrogens (tertiary/aromatic N) is 2. The minimum absolute atomic E-state index is 0.314. The zero-order valence-corrected chi connectivity index (χ0v) is 11.5. The minimum Gasteiger partial charge on any atom is -0.367 e. The summed E-state index contributed by atoms with van der Waals surface area (Å²) in [6.07, 6.45) is 0. The maximum atomic E-state index is 5.66. The van der Waals surface area contributed by atoms with Gasteiger partial charge in [-0.25, -0.2) is 9.97 Å². The first-order chi connectivity index (χ1) is 7.93. The Kier molecular flexibility index (Phi) is 4.87. The molecule has 1 rings (SSSR count). The maximum Gasteiger partial charge on any atom is 0.133 e. The molecule has 1 heterocycles. The number of aryl methyl sites for hydroxylation is 1. The lowest BCUT2D eigenvalue weighted by atomic mass is 10.0. The molecule has 1 aromatic heterocycles. The standard InChI is InChI=1S/C13H24N4/c1-8(2)13-15-10(4)6-12(17-13)16-11(5)9(3)7-14/h6,8-9,11H,7,14H2,1-5H3,(H,15,16,17). The van der Waals surface area contributed by atoms with E-state index >= 15 is 0 Å². The van der Waals surface area contributed by atoms with Crippen LogP contribution in [0.3, 0.4) is 0 Å². The molecule has 0 saturated carbocycles. The molecule has 2 atom stereocenters. The van der Waals surface area contributed by atoms with Crippen LogP contribution in [-0.4, -0.2) is 22.6 Å². The highest BCUT2D eigenvalue weighted by Gasteiger charge is 2.12. The predicted octanol–water partition coefficient (Wildman–Crippen LogP) is 2.30. The van der Waals surface area contributed by atoms with Crippen LogP contribution in [0.25, 0.3) is 0 Å². The lowest BCUT2D eigenvalue weighted by molar-refractivity contribution is 0.519. The highest BCUT2D eigenvalue weighted by molar-refractivity contribution is 5.37. The molecule has 0 aliphatic rings. The molecule has 96 valence electrons. The van der Waals surface area contributed by atoms with E-state index in [1.807, 2.05) is 13.0 Å². The van der Waals surface area contributed by atoms with E-state index < -0.39 is 0 Å². The van der Waals surface area contributed by atoms with Crippen molar-refractivity contribution < 1.29 is 0 Å². The Morgan fingerprint density at radius 1 is 1.24 bits per heavy atom. The van der Waals surface area contributed by atoms with Gasteiger partial charge in [-0.3, -0.25) is 0 Å². The molecule has 4 heteroatoms. The van der Waals surface area contributed by atoms with Crippen molar-refractivity contribution in [1.82, 2.24) is 9.97 Å². The summed E-state index contributed by atoms with van der Waals surface area (Å²) in [4.78, 5) is 8.96. The van der Waals surface area contributed by atoms with Gasteiger partial charge in [-0.05, 0) is 26.3 Å². The van der Waals surface area contributed by atoms with Gasteiger partial charge >= 0.3 is 0 Å². The van der Waals surface area contributed by atoms with Crippen molar-refractivity contribution in [3.8, 4) is 0 Å². The van der Waals surface area contributed by atoms with Gasteiger partial charge in [0.05, 0.1) is 0 Å². The first-order valence-electron chi connectivity index (χ1n) is 6.26. The molecule has 0 amide bonds. The normalized spacial score (nSPS) is 14.8. The largest absolute Gasteiger partial charge is 0.367 e. The van der Waals surface area contributed by atoms with Crippen LogP contribution in [0.5, 0.6) is 0 Å². The first-order valence-corrected chi connectivity index (χ1v) is 6.26. The van der Waals surface area contributed by atoms with E-state index in [2.05, 4.69) is 43.0 Å². The summed E-state index contributed by atoms with van der Waals surface area (Å²) in [6, 6.07) is 2.29. The second-order valence-electron chi connectivity index (χ2n) is 5.05. The number of hydrogen-bond donors (Lipinski definition) is 2. The maximum absolute atomic E-state index is 5.66. The van der Waals surface area contributed by atoms with Crippen LogP contribution >= 0.6 is 0 Å². The Hall–Kier alpha value is -1.16. The van der Waals surface area contributed by atoms with E-state index in [4.69, 9.17) is 5.73 Å². The van der Waals surface area contributed by atoms with Gasteiger partial charge in [0.25, 0.3) is 0 Å². The van der Waals surface area contributed by atoms with Crippen LogP contribution in [-0.2, 0) is 0 Å². The fourth-order valence-electron chi connectivity index (χ4n) is 1.50. The molecule has 1 aromatic rings. The van der Waals surface area contributed by atoms with Crippen LogP contribution in [0.15, 0.2) is 6.07 Å². The number of rotatable bonds is 5.